The van der Waals surface area contributed by atoms with Gasteiger partial charge in [0, 0.05) is 11.6 Å². The number of hydrogen-bond donors (Lipinski definition) is 0. The van der Waals surface area contributed by atoms with Gasteiger partial charge in [0.15, 0.2) is 0 Å². The number of para-hydroxylation sites is 1. The van der Waals surface area contributed by atoms with E-state index in [1.54, 1.807) is 0 Å². The maximum absolute atomic E-state index is 6.08. The summed E-state index contributed by atoms with van der Waals surface area (Å²) in [5.41, 5.74) is 1.14. The molecule has 0 aliphatic rings. The van der Waals surface area contributed by atoms with Crippen LogP contribution in [-0.4, -0.2) is 24.6 Å². The van der Waals surface area contributed by atoms with E-state index in [0.29, 0.717) is 6.04 Å². The lowest BCUT2D eigenvalue weighted by Gasteiger charge is -2.29. The van der Waals surface area contributed by atoms with Crippen LogP contribution in [0.3, 0.4) is 0 Å². The maximum atomic E-state index is 6.08. The molecule has 1 unspecified atom stereocenters. The van der Waals surface area contributed by atoms with Crippen molar-refractivity contribution in [2.24, 2.45) is 0 Å². The molecule has 0 aliphatic carbocycles. The second kappa shape index (κ2) is 6.24. The summed E-state index contributed by atoms with van der Waals surface area (Å²) in [6.45, 7) is 8.50. The molecular weight excluding hydrogens is 222 g/mol. The van der Waals surface area contributed by atoms with Gasteiger partial charge in [0.1, 0.15) is 11.4 Å². The van der Waals surface area contributed by atoms with Crippen molar-refractivity contribution in [2.75, 3.05) is 14.1 Å². The Kier molecular flexibility index (Phi) is 5.21. The molecule has 0 radical (unpaired) electrons. The minimum Gasteiger partial charge on any atom is -0.488 e. The predicted molar refractivity (Wildman–Crippen MR) is 78.2 cm³/mol. The Balaban J connectivity index is 3.06. The van der Waals surface area contributed by atoms with Crippen LogP contribution in [0, 0.1) is 0 Å². The zero-order valence-electron chi connectivity index (χ0n) is 12.7. The number of hydrogen-bond acceptors (Lipinski definition) is 2. The molecule has 1 aromatic carbocycles. The van der Waals surface area contributed by atoms with Gasteiger partial charge in [0.2, 0.25) is 0 Å². The summed E-state index contributed by atoms with van der Waals surface area (Å²) in [6, 6.07) is 8.82. The highest BCUT2D eigenvalue weighted by Gasteiger charge is 2.20. The molecule has 0 fully saturated rings. The summed E-state index contributed by atoms with van der Waals surface area (Å²) in [5, 5.41) is 0. The summed E-state index contributed by atoms with van der Waals surface area (Å²) in [7, 11) is 4.27. The number of nitrogens with zero attached hydrogens (tertiary/aromatic N) is 1. The van der Waals surface area contributed by atoms with E-state index in [0.717, 1.165) is 12.2 Å². The molecule has 2 nitrogen and oxygen atoms in total. The van der Waals surface area contributed by atoms with Gasteiger partial charge in [0.25, 0.3) is 0 Å². The van der Waals surface area contributed by atoms with Crippen LogP contribution < -0.4 is 4.74 Å². The van der Waals surface area contributed by atoms with E-state index < -0.39 is 0 Å². The van der Waals surface area contributed by atoms with Gasteiger partial charge in [-0.1, -0.05) is 31.5 Å². The normalized spacial score (nSPS) is 13.7. The molecule has 2 heteroatoms. The van der Waals surface area contributed by atoms with Crippen LogP contribution >= 0.6 is 0 Å². The lowest BCUT2D eigenvalue weighted by Crippen LogP contribution is -2.26. The molecule has 1 atom stereocenters. The summed E-state index contributed by atoms with van der Waals surface area (Å²) in [6.07, 6.45) is 2.32. The van der Waals surface area contributed by atoms with Crippen LogP contribution in [0.15, 0.2) is 24.3 Å². The van der Waals surface area contributed by atoms with E-state index in [2.05, 4.69) is 64.9 Å². The minimum absolute atomic E-state index is 0.154. The van der Waals surface area contributed by atoms with Crippen molar-refractivity contribution in [3.63, 3.8) is 0 Å². The molecule has 0 saturated heterocycles. The highest BCUT2D eigenvalue weighted by molar-refractivity contribution is 5.36. The first-order chi connectivity index (χ1) is 8.35. The molecular formula is C16H27NO. The standard InChI is InChI=1S/C16H27NO/c1-7-10-14(17(5)6)13-11-8-9-12-15(13)18-16(2,3)4/h8-9,11-12,14H,7,10H2,1-6H3. The van der Waals surface area contributed by atoms with Crippen LogP contribution in [0.4, 0.5) is 0 Å². The number of benzene rings is 1. The third-order valence-electron chi connectivity index (χ3n) is 2.88. The van der Waals surface area contributed by atoms with Crippen molar-refractivity contribution in [3.8, 4) is 5.75 Å². The van der Waals surface area contributed by atoms with Crippen LogP contribution in [0.1, 0.15) is 52.1 Å². The largest absolute Gasteiger partial charge is 0.488 e. The molecule has 18 heavy (non-hydrogen) atoms. The number of rotatable bonds is 5. The number of ether oxygens (including phenoxy) is 1. The van der Waals surface area contributed by atoms with Crippen molar-refractivity contribution >= 4 is 0 Å². The third kappa shape index (κ3) is 4.34. The molecule has 0 saturated carbocycles. The van der Waals surface area contributed by atoms with Gasteiger partial charge in [-0.05, 0) is 47.4 Å². The van der Waals surface area contributed by atoms with Gasteiger partial charge in [-0.15, -0.1) is 0 Å². The summed E-state index contributed by atoms with van der Waals surface area (Å²) in [4.78, 5) is 2.27. The van der Waals surface area contributed by atoms with Gasteiger partial charge < -0.3 is 9.64 Å². The fourth-order valence-corrected chi connectivity index (χ4v) is 2.14. The van der Waals surface area contributed by atoms with E-state index in [4.69, 9.17) is 4.74 Å². The van der Waals surface area contributed by atoms with Crippen LogP contribution in [-0.2, 0) is 0 Å². The van der Waals surface area contributed by atoms with E-state index in [9.17, 15) is 0 Å². The van der Waals surface area contributed by atoms with Gasteiger partial charge >= 0.3 is 0 Å². The molecule has 0 bridgehead atoms. The molecule has 0 amide bonds. The lowest BCUT2D eigenvalue weighted by molar-refractivity contribution is 0.125. The zero-order chi connectivity index (χ0) is 13.8. The average Bonchev–Trinajstić information content (AvgIpc) is 2.24. The van der Waals surface area contributed by atoms with Crippen molar-refractivity contribution in [3.05, 3.63) is 29.8 Å². The molecule has 0 heterocycles. The lowest BCUT2D eigenvalue weighted by atomic mass is 10.00. The van der Waals surface area contributed by atoms with Crippen molar-refractivity contribution in [1.29, 1.82) is 0 Å². The Bertz CT molecular complexity index is 366. The van der Waals surface area contributed by atoms with Crippen LogP contribution in [0.5, 0.6) is 5.75 Å². The first kappa shape index (κ1) is 15.0. The fourth-order valence-electron chi connectivity index (χ4n) is 2.14. The summed E-state index contributed by atoms with van der Waals surface area (Å²) < 4.78 is 6.08. The molecule has 1 aromatic rings. The Morgan fingerprint density at radius 3 is 2.28 bits per heavy atom. The van der Waals surface area contributed by atoms with Crippen molar-refractivity contribution < 1.29 is 4.74 Å². The van der Waals surface area contributed by atoms with Crippen molar-refractivity contribution in [1.82, 2.24) is 4.90 Å². The highest BCUT2D eigenvalue weighted by atomic mass is 16.5. The second-order valence-electron chi connectivity index (χ2n) is 6.02. The molecule has 1 rings (SSSR count). The molecule has 0 spiro atoms. The smallest absolute Gasteiger partial charge is 0.124 e. The summed E-state index contributed by atoms with van der Waals surface area (Å²) >= 11 is 0. The van der Waals surface area contributed by atoms with Crippen LogP contribution in [0.2, 0.25) is 0 Å². The van der Waals surface area contributed by atoms with Crippen LogP contribution in [0.25, 0.3) is 0 Å². The molecule has 0 N–H and O–H groups in total. The average molecular weight is 249 g/mol. The molecule has 0 aliphatic heterocycles. The Hall–Kier alpha value is -1.02. The molecule has 102 valence electrons. The maximum Gasteiger partial charge on any atom is 0.124 e. The van der Waals surface area contributed by atoms with Crippen molar-refractivity contribution in [2.45, 2.75) is 52.2 Å². The minimum atomic E-state index is -0.154. The zero-order valence-corrected chi connectivity index (χ0v) is 12.7. The quantitative estimate of drug-likeness (QED) is 0.773. The Morgan fingerprint density at radius 2 is 1.78 bits per heavy atom. The SMILES string of the molecule is CCCC(c1ccccc1OC(C)(C)C)N(C)C. The van der Waals surface area contributed by atoms with E-state index >= 15 is 0 Å². The second-order valence-corrected chi connectivity index (χ2v) is 6.02. The van der Waals surface area contributed by atoms with Gasteiger partial charge in [-0.3, -0.25) is 0 Å². The first-order valence-corrected chi connectivity index (χ1v) is 6.79. The first-order valence-electron chi connectivity index (χ1n) is 6.79. The monoisotopic (exact) mass is 249 g/mol. The molecule has 0 aromatic heterocycles. The van der Waals surface area contributed by atoms with E-state index in [-0.39, 0.29) is 5.60 Å². The third-order valence-corrected chi connectivity index (χ3v) is 2.88. The van der Waals surface area contributed by atoms with Gasteiger partial charge in [0.05, 0.1) is 0 Å². The topological polar surface area (TPSA) is 12.5 Å². The fraction of sp³-hybridized carbons (Fsp3) is 0.625. The predicted octanol–water partition coefficient (Wildman–Crippen LogP) is 4.27. The summed E-state index contributed by atoms with van der Waals surface area (Å²) in [5.74, 6) is 1.01. The van der Waals surface area contributed by atoms with E-state index in [1.807, 2.05) is 6.07 Å². The highest BCUT2D eigenvalue weighted by Crippen LogP contribution is 2.33. The van der Waals surface area contributed by atoms with Gasteiger partial charge in [-0.2, -0.15) is 0 Å². The Labute approximate surface area is 112 Å². The van der Waals surface area contributed by atoms with E-state index in [1.165, 1.54) is 12.0 Å². The van der Waals surface area contributed by atoms with Gasteiger partial charge in [-0.25, -0.2) is 0 Å². The Morgan fingerprint density at radius 1 is 1.17 bits per heavy atom.